The van der Waals surface area contributed by atoms with Crippen LogP contribution in [0.3, 0.4) is 0 Å². The Kier molecular flexibility index (Phi) is 9.38. The zero-order chi connectivity index (χ0) is 18.6. The summed E-state index contributed by atoms with van der Waals surface area (Å²) in [4.78, 5) is 0. The Balaban J connectivity index is 1.86. The quantitative estimate of drug-likeness (QED) is 0.357. The summed E-state index contributed by atoms with van der Waals surface area (Å²) in [5.41, 5.74) is 2.86. The predicted molar refractivity (Wildman–Crippen MR) is 109 cm³/mol. The van der Waals surface area contributed by atoms with Crippen LogP contribution in [0.25, 0.3) is 0 Å². The topological polar surface area (TPSA) is 7.76 Å². The molecule has 0 bridgehead atoms. The van der Waals surface area contributed by atoms with Gasteiger partial charge in [-0.15, -0.1) is 0 Å². The number of hydrogen-bond acceptors (Lipinski definition) is 0. The van der Waals surface area contributed by atoms with Gasteiger partial charge in [0.25, 0.3) is 0 Å². The van der Waals surface area contributed by atoms with E-state index in [2.05, 4.69) is 79.2 Å². The molecule has 0 saturated heterocycles. The summed E-state index contributed by atoms with van der Waals surface area (Å²) in [6.07, 6.45) is 22.5. The molecular weight excluding hydrogens is 316 g/mol. The molecule has 2 heteroatoms. The van der Waals surface area contributed by atoms with E-state index in [0.717, 1.165) is 0 Å². The van der Waals surface area contributed by atoms with Crippen molar-refractivity contribution < 1.29 is 9.13 Å². The first kappa shape index (κ1) is 20.6. The minimum absolute atomic E-state index is 0.499. The summed E-state index contributed by atoms with van der Waals surface area (Å²) in [7, 11) is 4.23. The number of pyridine rings is 2. The fraction of sp³-hybridized carbons (Fsp3) is 0.583. The van der Waals surface area contributed by atoms with E-state index in [1.165, 1.54) is 75.3 Å². The van der Waals surface area contributed by atoms with Gasteiger partial charge in [0, 0.05) is 29.2 Å². The molecule has 0 saturated carbocycles. The molecule has 0 aliphatic heterocycles. The Bertz CT molecular complexity index is 590. The molecule has 0 aliphatic carbocycles. The van der Waals surface area contributed by atoms with Crippen LogP contribution >= 0.6 is 0 Å². The molecule has 2 heterocycles. The van der Waals surface area contributed by atoms with Crippen molar-refractivity contribution in [3.8, 4) is 0 Å². The summed E-state index contributed by atoms with van der Waals surface area (Å²) in [5, 5.41) is 0. The van der Waals surface area contributed by atoms with E-state index in [4.69, 9.17) is 0 Å². The Morgan fingerprint density at radius 1 is 0.692 bits per heavy atom. The van der Waals surface area contributed by atoms with Crippen molar-refractivity contribution in [2.45, 2.75) is 77.0 Å². The fourth-order valence-corrected chi connectivity index (χ4v) is 3.82. The molecule has 0 aromatic carbocycles. The molecule has 2 rings (SSSR count). The van der Waals surface area contributed by atoms with Crippen LogP contribution in [0, 0.1) is 0 Å². The van der Waals surface area contributed by atoms with Crippen molar-refractivity contribution in [2.75, 3.05) is 0 Å². The van der Waals surface area contributed by atoms with Crippen LogP contribution in [0.2, 0.25) is 0 Å². The molecule has 0 amide bonds. The molecular formula is C24H38N2+2. The Morgan fingerprint density at radius 2 is 1.15 bits per heavy atom. The highest BCUT2D eigenvalue weighted by molar-refractivity contribution is 5.26. The largest absolute Gasteiger partial charge is 0.208 e. The van der Waals surface area contributed by atoms with Gasteiger partial charge >= 0.3 is 0 Å². The van der Waals surface area contributed by atoms with E-state index >= 15 is 0 Å². The van der Waals surface area contributed by atoms with E-state index in [9.17, 15) is 0 Å². The van der Waals surface area contributed by atoms with E-state index < -0.39 is 0 Å². The average molecular weight is 355 g/mol. The molecule has 26 heavy (non-hydrogen) atoms. The van der Waals surface area contributed by atoms with Gasteiger partial charge in [-0.25, -0.2) is 9.13 Å². The number of aromatic nitrogens is 2. The Morgan fingerprint density at radius 3 is 1.62 bits per heavy atom. The molecule has 0 fully saturated rings. The van der Waals surface area contributed by atoms with Crippen LogP contribution in [0.15, 0.2) is 49.1 Å². The summed E-state index contributed by atoms with van der Waals surface area (Å²) >= 11 is 0. The maximum Gasteiger partial charge on any atom is 0.172 e. The highest BCUT2D eigenvalue weighted by Crippen LogP contribution is 2.28. The van der Waals surface area contributed by atoms with Crippen LogP contribution in [-0.4, -0.2) is 0 Å². The van der Waals surface area contributed by atoms with Gasteiger partial charge in [0.2, 0.25) is 0 Å². The highest BCUT2D eigenvalue weighted by atomic mass is 14.9. The van der Waals surface area contributed by atoms with Crippen molar-refractivity contribution in [3.05, 3.63) is 60.2 Å². The fourth-order valence-electron chi connectivity index (χ4n) is 3.82. The molecule has 0 atom stereocenters. The van der Waals surface area contributed by atoms with Gasteiger partial charge in [-0.2, -0.15) is 0 Å². The number of hydrogen-bond donors (Lipinski definition) is 0. The zero-order valence-corrected chi connectivity index (χ0v) is 17.2. The molecule has 142 valence electrons. The summed E-state index contributed by atoms with van der Waals surface area (Å²) in [5.74, 6) is 0.499. The second-order valence-electron chi connectivity index (χ2n) is 7.78. The van der Waals surface area contributed by atoms with E-state index in [1.54, 1.807) is 0 Å². The smallest absolute Gasteiger partial charge is 0.172 e. The third-order valence-corrected chi connectivity index (χ3v) is 5.33. The predicted octanol–water partition coefficient (Wildman–Crippen LogP) is 5.39. The molecule has 0 unspecified atom stereocenters. The van der Waals surface area contributed by atoms with Crippen LogP contribution in [-0.2, 0) is 14.1 Å². The van der Waals surface area contributed by atoms with Crippen LogP contribution in [0.1, 0.15) is 88.2 Å². The number of nitrogens with zero attached hydrogens (tertiary/aromatic N) is 2. The van der Waals surface area contributed by atoms with E-state index in [-0.39, 0.29) is 0 Å². The van der Waals surface area contributed by atoms with Crippen molar-refractivity contribution >= 4 is 0 Å². The first-order valence-corrected chi connectivity index (χ1v) is 10.6. The molecule has 2 aromatic heterocycles. The molecule has 2 aromatic rings. The SMILES string of the molecule is CCCCCCCCCCCC(c1ccc[n+](C)c1)c1ccc[n+](C)c1. The zero-order valence-electron chi connectivity index (χ0n) is 17.2. The lowest BCUT2D eigenvalue weighted by atomic mass is 9.88. The Labute approximate surface area is 160 Å². The lowest BCUT2D eigenvalue weighted by Crippen LogP contribution is -2.29. The van der Waals surface area contributed by atoms with Crippen LogP contribution < -0.4 is 9.13 Å². The highest BCUT2D eigenvalue weighted by Gasteiger charge is 2.18. The van der Waals surface area contributed by atoms with Gasteiger partial charge in [0.05, 0.1) is 0 Å². The third-order valence-electron chi connectivity index (χ3n) is 5.33. The van der Waals surface area contributed by atoms with E-state index in [1.807, 2.05) is 0 Å². The molecule has 0 aliphatic rings. The summed E-state index contributed by atoms with van der Waals surface area (Å²) < 4.78 is 4.34. The van der Waals surface area contributed by atoms with Crippen LogP contribution in [0.5, 0.6) is 0 Å². The lowest BCUT2D eigenvalue weighted by molar-refractivity contribution is -0.672. The number of aryl methyl sites for hydroxylation is 2. The number of unbranched alkanes of at least 4 members (excludes halogenated alkanes) is 8. The van der Waals surface area contributed by atoms with Gasteiger partial charge in [0.1, 0.15) is 14.1 Å². The van der Waals surface area contributed by atoms with Gasteiger partial charge in [-0.1, -0.05) is 64.7 Å². The van der Waals surface area contributed by atoms with Crippen molar-refractivity contribution in [2.24, 2.45) is 14.1 Å². The standard InChI is InChI=1S/C24H38N2/c1-4-5-6-7-8-9-10-11-12-17-24(22-15-13-18-25(2)20-22)23-16-14-19-26(3)21-23/h13-16,18-21,24H,4-12,17H2,1-3H3/q+2. The third kappa shape index (κ3) is 7.27. The minimum Gasteiger partial charge on any atom is -0.208 e. The average Bonchev–Trinajstić information content (AvgIpc) is 2.63. The molecule has 2 nitrogen and oxygen atoms in total. The van der Waals surface area contributed by atoms with Gasteiger partial charge in [-0.3, -0.25) is 0 Å². The van der Waals surface area contributed by atoms with E-state index in [0.29, 0.717) is 5.92 Å². The van der Waals surface area contributed by atoms with Crippen molar-refractivity contribution in [1.82, 2.24) is 0 Å². The van der Waals surface area contributed by atoms with Crippen molar-refractivity contribution in [3.63, 3.8) is 0 Å². The molecule has 0 spiro atoms. The molecule has 0 N–H and O–H groups in total. The van der Waals surface area contributed by atoms with Gasteiger partial charge in [-0.05, 0) is 18.6 Å². The van der Waals surface area contributed by atoms with Crippen LogP contribution in [0.4, 0.5) is 0 Å². The first-order chi connectivity index (χ1) is 12.7. The summed E-state index contributed by atoms with van der Waals surface area (Å²) in [6.45, 7) is 2.29. The Hall–Kier alpha value is -1.70. The molecule has 0 radical (unpaired) electrons. The van der Waals surface area contributed by atoms with Crippen molar-refractivity contribution in [1.29, 1.82) is 0 Å². The minimum atomic E-state index is 0.499. The summed E-state index contributed by atoms with van der Waals surface area (Å²) in [6, 6.07) is 8.90. The lowest BCUT2D eigenvalue weighted by Gasteiger charge is -2.15. The maximum absolute atomic E-state index is 2.29. The normalized spacial score (nSPS) is 11.2. The number of rotatable bonds is 12. The maximum atomic E-state index is 2.29. The first-order valence-electron chi connectivity index (χ1n) is 10.6. The second kappa shape index (κ2) is 11.8. The second-order valence-corrected chi connectivity index (χ2v) is 7.78. The monoisotopic (exact) mass is 354 g/mol. The van der Waals surface area contributed by atoms with Gasteiger partial charge in [0.15, 0.2) is 24.8 Å². The van der Waals surface area contributed by atoms with Gasteiger partial charge < -0.3 is 0 Å².